The molecular formula is C25H18Br2N2. The molecule has 0 amide bonds. The molecule has 0 spiro atoms. The van der Waals surface area contributed by atoms with Crippen LogP contribution in [0.2, 0.25) is 0 Å². The first kappa shape index (κ1) is 18.6. The van der Waals surface area contributed by atoms with E-state index in [9.17, 15) is 0 Å². The number of pyridine rings is 1. The number of fused-ring (bicyclic) bond motifs is 3. The van der Waals surface area contributed by atoms with Crippen molar-refractivity contribution in [3.63, 3.8) is 0 Å². The fraction of sp³-hybridized carbons (Fsp3) is 0.0800. The Morgan fingerprint density at radius 2 is 1.24 bits per heavy atom. The Balaban J connectivity index is 1.87. The van der Waals surface area contributed by atoms with E-state index in [-0.39, 0.29) is 0 Å². The Morgan fingerprint density at radius 1 is 0.655 bits per heavy atom. The maximum Gasteiger partial charge on any atom is 0.139 e. The third kappa shape index (κ3) is 3.30. The van der Waals surface area contributed by atoms with E-state index in [1.54, 1.807) is 0 Å². The third-order valence-electron chi connectivity index (χ3n) is 5.43. The van der Waals surface area contributed by atoms with Crippen molar-refractivity contribution in [3.8, 4) is 22.4 Å². The van der Waals surface area contributed by atoms with Gasteiger partial charge in [-0.2, -0.15) is 0 Å². The summed E-state index contributed by atoms with van der Waals surface area (Å²) in [5.74, 6) is 0. The van der Waals surface area contributed by atoms with Crippen LogP contribution in [0.15, 0.2) is 81.7 Å². The lowest BCUT2D eigenvalue weighted by Gasteiger charge is -2.11. The molecule has 0 fully saturated rings. The van der Waals surface area contributed by atoms with Crippen LogP contribution >= 0.6 is 31.9 Å². The first-order chi connectivity index (χ1) is 14.0. The van der Waals surface area contributed by atoms with Crippen LogP contribution < -0.4 is 0 Å². The van der Waals surface area contributed by atoms with Crippen molar-refractivity contribution >= 4 is 48.5 Å². The van der Waals surface area contributed by atoms with Gasteiger partial charge in [0.1, 0.15) is 5.65 Å². The van der Waals surface area contributed by atoms with E-state index in [4.69, 9.17) is 4.98 Å². The molecule has 0 aliphatic carbocycles. The summed E-state index contributed by atoms with van der Waals surface area (Å²) >= 11 is 7.08. The van der Waals surface area contributed by atoms with Crippen molar-refractivity contribution in [3.05, 3.63) is 92.9 Å². The molecule has 4 heteroatoms. The zero-order valence-corrected chi connectivity index (χ0v) is 19.3. The van der Waals surface area contributed by atoms with Crippen LogP contribution in [0, 0.1) is 13.8 Å². The molecule has 0 radical (unpaired) electrons. The molecule has 142 valence electrons. The molecule has 2 nitrogen and oxygen atoms in total. The van der Waals surface area contributed by atoms with Crippen molar-refractivity contribution in [1.82, 2.24) is 9.38 Å². The molecule has 0 unspecified atom stereocenters. The van der Waals surface area contributed by atoms with Gasteiger partial charge in [0.05, 0.1) is 16.7 Å². The average Bonchev–Trinajstić information content (AvgIpc) is 3.06. The summed E-state index contributed by atoms with van der Waals surface area (Å²) in [5, 5.41) is 0. The zero-order chi connectivity index (χ0) is 20.1. The minimum absolute atomic E-state index is 0.961. The van der Waals surface area contributed by atoms with Crippen LogP contribution in [0.4, 0.5) is 0 Å². The van der Waals surface area contributed by atoms with Gasteiger partial charge in [-0.05, 0) is 90.2 Å². The van der Waals surface area contributed by atoms with Crippen LogP contribution in [0.5, 0.6) is 0 Å². The van der Waals surface area contributed by atoms with Crippen molar-refractivity contribution < 1.29 is 0 Å². The summed E-state index contributed by atoms with van der Waals surface area (Å²) in [5.41, 5.74) is 10.3. The zero-order valence-electron chi connectivity index (χ0n) is 16.1. The second-order valence-corrected chi connectivity index (χ2v) is 9.20. The predicted octanol–water partition coefficient (Wildman–Crippen LogP) is 7.96. The minimum atomic E-state index is 0.961. The maximum atomic E-state index is 4.97. The van der Waals surface area contributed by atoms with Gasteiger partial charge in [-0.1, -0.05) is 56.1 Å². The fourth-order valence-corrected chi connectivity index (χ4v) is 4.26. The molecular weight excluding hydrogens is 488 g/mol. The van der Waals surface area contributed by atoms with Gasteiger partial charge in [0.15, 0.2) is 0 Å². The predicted molar refractivity (Wildman–Crippen MR) is 128 cm³/mol. The molecule has 0 saturated heterocycles. The number of hydrogen-bond acceptors (Lipinski definition) is 1. The molecule has 5 aromatic rings. The molecule has 0 saturated carbocycles. The highest BCUT2D eigenvalue weighted by Crippen LogP contribution is 2.33. The van der Waals surface area contributed by atoms with Gasteiger partial charge in [0, 0.05) is 8.95 Å². The Hall–Kier alpha value is -2.43. The lowest BCUT2D eigenvalue weighted by molar-refractivity contribution is 1.23. The summed E-state index contributed by atoms with van der Waals surface area (Å²) in [6.07, 6.45) is 0. The van der Waals surface area contributed by atoms with Crippen LogP contribution in [-0.2, 0) is 0 Å². The maximum absolute atomic E-state index is 4.97. The van der Waals surface area contributed by atoms with E-state index in [0.717, 1.165) is 42.4 Å². The van der Waals surface area contributed by atoms with Gasteiger partial charge in [0.2, 0.25) is 0 Å². The van der Waals surface area contributed by atoms with Crippen molar-refractivity contribution in [2.45, 2.75) is 13.8 Å². The summed E-state index contributed by atoms with van der Waals surface area (Å²) < 4.78 is 4.42. The van der Waals surface area contributed by atoms with Crippen molar-refractivity contribution in [2.75, 3.05) is 0 Å². The lowest BCUT2D eigenvalue weighted by Crippen LogP contribution is -1.94. The highest BCUT2D eigenvalue weighted by atomic mass is 79.9. The van der Waals surface area contributed by atoms with Gasteiger partial charge >= 0.3 is 0 Å². The van der Waals surface area contributed by atoms with Gasteiger partial charge < -0.3 is 0 Å². The quantitative estimate of drug-likeness (QED) is 0.238. The average molecular weight is 506 g/mol. The van der Waals surface area contributed by atoms with E-state index in [0.29, 0.717) is 0 Å². The van der Waals surface area contributed by atoms with E-state index >= 15 is 0 Å². The van der Waals surface area contributed by atoms with Crippen LogP contribution in [0.1, 0.15) is 11.1 Å². The molecule has 0 N–H and O–H groups in total. The Bertz CT molecular complexity index is 1360. The molecule has 0 aliphatic heterocycles. The number of imidazole rings is 1. The molecule has 0 atom stereocenters. The SMILES string of the molecule is Cc1cc2nc3cc(-c4ccc(Br)cc4)cc(-c4ccc(Br)cc4)n3c2cc1C. The molecule has 0 bridgehead atoms. The van der Waals surface area contributed by atoms with Crippen LogP contribution in [-0.4, -0.2) is 9.38 Å². The summed E-state index contributed by atoms with van der Waals surface area (Å²) in [4.78, 5) is 4.97. The molecule has 5 rings (SSSR count). The topological polar surface area (TPSA) is 17.3 Å². The van der Waals surface area contributed by atoms with E-state index < -0.39 is 0 Å². The van der Waals surface area contributed by atoms with Gasteiger partial charge in [0.25, 0.3) is 0 Å². The van der Waals surface area contributed by atoms with Crippen LogP contribution in [0.25, 0.3) is 39.1 Å². The number of aromatic nitrogens is 2. The number of benzene rings is 3. The third-order valence-corrected chi connectivity index (χ3v) is 6.49. The monoisotopic (exact) mass is 504 g/mol. The first-order valence-corrected chi connectivity index (χ1v) is 11.0. The molecule has 2 aromatic heterocycles. The summed E-state index contributed by atoms with van der Waals surface area (Å²) in [6, 6.07) is 25.8. The van der Waals surface area contributed by atoms with E-state index in [1.807, 2.05) is 0 Å². The second-order valence-electron chi connectivity index (χ2n) is 7.37. The Kier molecular flexibility index (Phi) is 4.56. The summed E-state index contributed by atoms with van der Waals surface area (Å²) in [7, 11) is 0. The minimum Gasteiger partial charge on any atom is -0.292 e. The van der Waals surface area contributed by atoms with E-state index in [2.05, 4.69) is 123 Å². The highest BCUT2D eigenvalue weighted by molar-refractivity contribution is 9.10. The Labute approximate surface area is 186 Å². The smallest absolute Gasteiger partial charge is 0.139 e. The van der Waals surface area contributed by atoms with Crippen molar-refractivity contribution in [2.24, 2.45) is 0 Å². The molecule has 29 heavy (non-hydrogen) atoms. The Morgan fingerprint density at radius 3 is 1.90 bits per heavy atom. The molecule has 2 heterocycles. The number of halogens is 2. The fourth-order valence-electron chi connectivity index (χ4n) is 3.74. The summed E-state index contributed by atoms with van der Waals surface area (Å²) in [6.45, 7) is 4.30. The highest BCUT2D eigenvalue weighted by Gasteiger charge is 2.14. The molecule has 3 aromatic carbocycles. The van der Waals surface area contributed by atoms with E-state index in [1.165, 1.54) is 16.7 Å². The number of nitrogens with zero attached hydrogens (tertiary/aromatic N) is 2. The van der Waals surface area contributed by atoms with Gasteiger partial charge in [-0.15, -0.1) is 0 Å². The van der Waals surface area contributed by atoms with Crippen LogP contribution in [0.3, 0.4) is 0 Å². The lowest BCUT2D eigenvalue weighted by atomic mass is 10.0. The van der Waals surface area contributed by atoms with Crippen molar-refractivity contribution in [1.29, 1.82) is 0 Å². The number of rotatable bonds is 2. The number of aryl methyl sites for hydroxylation is 2. The largest absolute Gasteiger partial charge is 0.292 e. The standard InChI is InChI=1S/C25H18Br2N2/c1-15-11-22-24(12-16(15)2)29-23(18-5-9-21(27)10-6-18)13-19(14-25(29)28-22)17-3-7-20(26)8-4-17/h3-14H,1-2H3. The second kappa shape index (κ2) is 7.12. The number of hydrogen-bond donors (Lipinski definition) is 0. The molecule has 0 aliphatic rings. The first-order valence-electron chi connectivity index (χ1n) is 9.45. The van der Waals surface area contributed by atoms with Gasteiger partial charge in [-0.3, -0.25) is 4.40 Å². The van der Waals surface area contributed by atoms with Gasteiger partial charge in [-0.25, -0.2) is 4.98 Å². The normalized spacial score (nSPS) is 11.4.